The molecule has 4 aromatic rings. The number of esters is 1. The molecule has 0 saturated carbocycles. The topological polar surface area (TPSA) is 89.0 Å². The fraction of sp³-hybridized carbons (Fsp3) is 0.296. The Hall–Kier alpha value is -3.52. The Morgan fingerprint density at radius 1 is 1.14 bits per heavy atom. The number of carbonyl (C=O) groups excluding carboxylic acids is 2. The van der Waals surface area contributed by atoms with Gasteiger partial charge in [0, 0.05) is 36.4 Å². The fourth-order valence-corrected chi connectivity index (χ4v) is 4.70. The SMILES string of the molecule is COC(=O)C(CCSC)NC(=O)c1cn(CCCc2cnc[nH]2)cc1-c1cccc2ccccc12. The van der Waals surface area contributed by atoms with Crippen molar-refractivity contribution in [2.75, 3.05) is 19.1 Å². The van der Waals surface area contributed by atoms with Gasteiger partial charge in [-0.1, -0.05) is 42.5 Å². The van der Waals surface area contributed by atoms with E-state index in [1.54, 1.807) is 18.1 Å². The number of carbonyl (C=O) groups is 2. The first-order chi connectivity index (χ1) is 17.1. The van der Waals surface area contributed by atoms with Crippen molar-refractivity contribution in [1.82, 2.24) is 19.9 Å². The molecule has 1 unspecified atom stereocenters. The number of aromatic amines is 1. The molecule has 0 spiro atoms. The fourth-order valence-electron chi connectivity index (χ4n) is 4.23. The first-order valence-corrected chi connectivity index (χ1v) is 13.0. The number of nitrogens with one attached hydrogen (secondary N) is 2. The van der Waals surface area contributed by atoms with E-state index < -0.39 is 12.0 Å². The summed E-state index contributed by atoms with van der Waals surface area (Å²) in [6.07, 6.45) is 11.7. The van der Waals surface area contributed by atoms with Crippen molar-refractivity contribution in [3.8, 4) is 11.1 Å². The summed E-state index contributed by atoms with van der Waals surface area (Å²) in [6.45, 7) is 0.747. The molecule has 0 radical (unpaired) electrons. The van der Waals surface area contributed by atoms with Crippen LogP contribution in [0.4, 0.5) is 0 Å². The molecular formula is C27H30N4O3S. The Bertz CT molecular complexity index is 1280. The average Bonchev–Trinajstić information content (AvgIpc) is 3.56. The van der Waals surface area contributed by atoms with Crippen LogP contribution in [0, 0.1) is 0 Å². The molecule has 0 aliphatic carbocycles. The summed E-state index contributed by atoms with van der Waals surface area (Å²) in [4.78, 5) is 33.0. The van der Waals surface area contributed by atoms with Crippen molar-refractivity contribution >= 4 is 34.4 Å². The Kier molecular flexibility index (Phi) is 8.26. The van der Waals surface area contributed by atoms with Crippen molar-refractivity contribution in [2.24, 2.45) is 0 Å². The van der Waals surface area contributed by atoms with E-state index in [1.165, 1.54) is 7.11 Å². The second-order valence-electron chi connectivity index (χ2n) is 8.36. The number of methoxy groups -OCH3 is 1. The molecular weight excluding hydrogens is 460 g/mol. The van der Waals surface area contributed by atoms with Gasteiger partial charge >= 0.3 is 5.97 Å². The summed E-state index contributed by atoms with van der Waals surface area (Å²) in [5, 5.41) is 5.10. The third kappa shape index (κ3) is 5.95. The van der Waals surface area contributed by atoms with Crippen molar-refractivity contribution in [2.45, 2.75) is 31.8 Å². The minimum atomic E-state index is -0.691. The van der Waals surface area contributed by atoms with Crippen molar-refractivity contribution in [3.05, 3.63) is 78.6 Å². The quantitative estimate of drug-likeness (QED) is 0.298. The molecule has 2 aromatic heterocycles. The normalized spacial score (nSPS) is 11.9. The number of aryl methyl sites for hydroxylation is 2. The zero-order valence-corrected chi connectivity index (χ0v) is 20.8. The van der Waals surface area contributed by atoms with Crippen molar-refractivity contribution < 1.29 is 14.3 Å². The third-order valence-electron chi connectivity index (χ3n) is 6.02. The Morgan fingerprint density at radius 2 is 1.97 bits per heavy atom. The van der Waals surface area contributed by atoms with Crippen LogP contribution in [0.1, 0.15) is 28.9 Å². The predicted octanol–water partition coefficient (Wildman–Crippen LogP) is 4.69. The number of nitrogens with zero attached hydrogens (tertiary/aromatic N) is 2. The van der Waals surface area contributed by atoms with E-state index in [-0.39, 0.29) is 5.91 Å². The highest BCUT2D eigenvalue weighted by Crippen LogP contribution is 2.32. The largest absolute Gasteiger partial charge is 0.467 e. The Labute approximate surface area is 209 Å². The van der Waals surface area contributed by atoms with E-state index >= 15 is 0 Å². The lowest BCUT2D eigenvalue weighted by Gasteiger charge is -2.16. The standard InChI is InChI=1S/C27H30N4O3S/c1-34-27(33)25(12-14-35-2)30-26(32)24-17-31(13-6-9-20-15-28-18-29-20)16-23(24)22-11-5-8-19-7-3-4-10-21(19)22/h3-5,7-8,10-11,15-18,25H,6,9,12-14H2,1-2H3,(H,28,29)(H,30,32). The number of ether oxygens (including phenoxy) is 1. The maximum absolute atomic E-state index is 13.5. The van der Waals surface area contributed by atoms with Crippen LogP contribution in [-0.4, -0.2) is 51.6 Å². The van der Waals surface area contributed by atoms with Gasteiger partial charge in [-0.2, -0.15) is 11.8 Å². The second-order valence-corrected chi connectivity index (χ2v) is 9.35. The van der Waals surface area contributed by atoms with E-state index in [4.69, 9.17) is 4.74 Å². The van der Waals surface area contributed by atoms with Crippen LogP contribution in [0.2, 0.25) is 0 Å². The van der Waals surface area contributed by atoms with Gasteiger partial charge in [-0.15, -0.1) is 0 Å². The minimum Gasteiger partial charge on any atom is -0.467 e. The van der Waals surface area contributed by atoms with Crippen LogP contribution < -0.4 is 5.32 Å². The van der Waals surface area contributed by atoms with Gasteiger partial charge in [0.05, 0.1) is 19.0 Å². The zero-order chi connectivity index (χ0) is 24.6. The highest BCUT2D eigenvalue weighted by atomic mass is 32.2. The molecule has 1 amide bonds. The molecule has 0 saturated heterocycles. The Balaban J connectivity index is 1.66. The minimum absolute atomic E-state index is 0.281. The number of fused-ring (bicyclic) bond motifs is 1. The van der Waals surface area contributed by atoms with Gasteiger partial charge in [-0.25, -0.2) is 9.78 Å². The number of hydrogen-bond donors (Lipinski definition) is 2. The van der Waals surface area contributed by atoms with E-state index in [0.29, 0.717) is 12.0 Å². The van der Waals surface area contributed by atoms with Crippen LogP contribution in [-0.2, 0) is 22.5 Å². The summed E-state index contributed by atoms with van der Waals surface area (Å²) >= 11 is 1.62. The molecule has 8 heteroatoms. The summed E-state index contributed by atoms with van der Waals surface area (Å²) in [5.41, 5.74) is 3.45. The predicted molar refractivity (Wildman–Crippen MR) is 141 cm³/mol. The molecule has 4 rings (SSSR count). The van der Waals surface area contributed by atoms with Crippen LogP contribution in [0.5, 0.6) is 0 Å². The molecule has 1 atom stereocenters. The van der Waals surface area contributed by atoms with Gasteiger partial charge in [0.1, 0.15) is 6.04 Å². The summed E-state index contributed by atoms with van der Waals surface area (Å²) < 4.78 is 6.99. The molecule has 2 aromatic carbocycles. The number of benzene rings is 2. The molecule has 182 valence electrons. The van der Waals surface area contributed by atoms with Crippen molar-refractivity contribution in [3.63, 3.8) is 0 Å². The van der Waals surface area contributed by atoms with Crippen LogP contribution in [0.15, 0.2) is 67.4 Å². The van der Waals surface area contributed by atoms with Gasteiger partial charge in [-0.05, 0) is 47.6 Å². The van der Waals surface area contributed by atoms with E-state index in [9.17, 15) is 9.59 Å². The summed E-state index contributed by atoms with van der Waals surface area (Å²) in [6, 6.07) is 13.6. The molecule has 35 heavy (non-hydrogen) atoms. The molecule has 2 N–H and O–H groups in total. The second kappa shape index (κ2) is 11.8. The number of hydrogen-bond acceptors (Lipinski definition) is 5. The molecule has 0 bridgehead atoms. The van der Waals surface area contributed by atoms with Gasteiger partial charge in [0.15, 0.2) is 0 Å². The maximum atomic E-state index is 13.5. The first-order valence-electron chi connectivity index (χ1n) is 11.6. The number of rotatable bonds is 11. The summed E-state index contributed by atoms with van der Waals surface area (Å²) in [5.74, 6) is 0.0278. The lowest BCUT2D eigenvalue weighted by molar-refractivity contribution is -0.142. The first kappa shape index (κ1) is 24.6. The van der Waals surface area contributed by atoms with E-state index in [0.717, 1.165) is 52.7 Å². The lowest BCUT2D eigenvalue weighted by Crippen LogP contribution is -2.42. The molecule has 0 aliphatic rings. The lowest BCUT2D eigenvalue weighted by atomic mass is 9.97. The molecule has 0 fully saturated rings. The number of imidazole rings is 1. The maximum Gasteiger partial charge on any atom is 0.328 e. The van der Waals surface area contributed by atoms with Crippen LogP contribution in [0.3, 0.4) is 0 Å². The third-order valence-corrected chi connectivity index (χ3v) is 6.67. The van der Waals surface area contributed by atoms with Crippen LogP contribution in [0.25, 0.3) is 21.9 Å². The number of aromatic nitrogens is 3. The smallest absolute Gasteiger partial charge is 0.328 e. The van der Waals surface area contributed by atoms with Gasteiger partial charge in [0.25, 0.3) is 5.91 Å². The zero-order valence-electron chi connectivity index (χ0n) is 20.0. The highest BCUT2D eigenvalue weighted by Gasteiger charge is 2.25. The number of H-pyrrole nitrogens is 1. The van der Waals surface area contributed by atoms with Crippen molar-refractivity contribution in [1.29, 1.82) is 0 Å². The number of amides is 1. The van der Waals surface area contributed by atoms with E-state index in [2.05, 4.69) is 38.1 Å². The van der Waals surface area contributed by atoms with E-state index in [1.807, 2.05) is 49.1 Å². The average molecular weight is 491 g/mol. The molecule has 2 heterocycles. The Morgan fingerprint density at radius 3 is 2.74 bits per heavy atom. The monoisotopic (exact) mass is 490 g/mol. The van der Waals surface area contributed by atoms with Gasteiger partial charge < -0.3 is 19.6 Å². The summed E-state index contributed by atoms with van der Waals surface area (Å²) in [7, 11) is 1.35. The van der Waals surface area contributed by atoms with Gasteiger partial charge in [0.2, 0.25) is 0 Å². The van der Waals surface area contributed by atoms with Crippen LogP contribution >= 0.6 is 11.8 Å². The molecule has 7 nitrogen and oxygen atoms in total. The number of thioether (sulfide) groups is 1. The molecule has 0 aliphatic heterocycles. The van der Waals surface area contributed by atoms with Gasteiger partial charge in [-0.3, -0.25) is 4.79 Å². The highest BCUT2D eigenvalue weighted by molar-refractivity contribution is 7.98.